The van der Waals surface area contributed by atoms with Gasteiger partial charge < -0.3 is 4.74 Å². The van der Waals surface area contributed by atoms with Gasteiger partial charge >= 0.3 is 0 Å². The van der Waals surface area contributed by atoms with Crippen molar-refractivity contribution in [1.82, 2.24) is 4.98 Å². The van der Waals surface area contributed by atoms with Crippen LogP contribution in [0.25, 0.3) is 0 Å². The molecule has 1 heterocycles. The zero-order valence-electron chi connectivity index (χ0n) is 9.89. The number of aryl methyl sites for hydroxylation is 1. The summed E-state index contributed by atoms with van der Waals surface area (Å²) >= 11 is 0. The third-order valence-electron chi connectivity index (χ3n) is 2.41. The number of rotatable bonds is 4. The lowest BCUT2D eigenvalue weighted by Gasteiger charge is -2.07. The molecule has 0 N–H and O–H groups in total. The van der Waals surface area contributed by atoms with E-state index in [-0.39, 0.29) is 17.9 Å². The average Bonchev–Trinajstić information content (AvgIpc) is 2.37. The van der Waals surface area contributed by atoms with E-state index in [2.05, 4.69) is 4.98 Å². The standard InChI is InChI=1S/C14H12FNO2/c1-10-3-2-4-12(16-10)9-18-14-6-5-11(8-17)7-13(14)15/h2-8H,9H2,1H3. The number of pyridine rings is 1. The Morgan fingerprint density at radius 2 is 2.17 bits per heavy atom. The third-order valence-corrected chi connectivity index (χ3v) is 2.41. The van der Waals surface area contributed by atoms with E-state index < -0.39 is 5.82 Å². The average molecular weight is 245 g/mol. The SMILES string of the molecule is Cc1cccc(COc2ccc(C=O)cc2F)n1. The van der Waals surface area contributed by atoms with Crippen LogP contribution in [0.3, 0.4) is 0 Å². The number of ether oxygens (including phenoxy) is 1. The maximum absolute atomic E-state index is 13.5. The first-order chi connectivity index (χ1) is 8.69. The second-order valence-electron chi connectivity index (χ2n) is 3.87. The molecule has 0 bridgehead atoms. The fourth-order valence-corrected chi connectivity index (χ4v) is 1.54. The van der Waals surface area contributed by atoms with Crippen molar-refractivity contribution in [3.8, 4) is 5.75 Å². The Kier molecular flexibility index (Phi) is 3.67. The molecule has 0 amide bonds. The lowest BCUT2D eigenvalue weighted by atomic mass is 10.2. The molecule has 2 aromatic rings. The molecular weight excluding hydrogens is 233 g/mol. The minimum absolute atomic E-state index is 0.115. The first-order valence-corrected chi connectivity index (χ1v) is 5.49. The minimum atomic E-state index is -0.549. The van der Waals surface area contributed by atoms with Gasteiger partial charge in [0.15, 0.2) is 11.6 Å². The highest BCUT2D eigenvalue weighted by atomic mass is 19.1. The minimum Gasteiger partial charge on any atom is -0.484 e. The van der Waals surface area contributed by atoms with Crippen molar-refractivity contribution in [2.75, 3.05) is 0 Å². The van der Waals surface area contributed by atoms with Crippen molar-refractivity contribution >= 4 is 6.29 Å². The van der Waals surface area contributed by atoms with Crippen LogP contribution in [0.15, 0.2) is 36.4 Å². The van der Waals surface area contributed by atoms with Gasteiger partial charge in [0.1, 0.15) is 12.9 Å². The number of benzene rings is 1. The summed E-state index contributed by atoms with van der Waals surface area (Å²) in [5.74, 6) is -0.434. The lowest BCUT2D eigenvalue weighted by Crippen LogP contribution is -2.00. The Hall–Kier alpha value is -2.23. The molecule has 0 radical (unpaired) electrons. The number of aldehydes is 1. The summed E-state index contributed by atoms with van der Waals surface area (Å²) in [6.45, 7) is 2.07. The maximum atomic E-state index is 13.5. The number of hydrogen-bond acceptors (Lipinski definition) is 3. The summed E-state index contributed by atoms with van der Waals surface area (Å²) in [5.41, 5.74) is 1.90. The molecule has 4 heteroatoms. The molecular formula is C14H12FNO2. The van der Waals surface area contributed by atoms with Crippen molar-refractivity contribution in [2.24, 2.45) is 0 Å². The summed E-state index contributed by atoms with van der Waals surface area (Å²) in [5, 5.41) is 0. The topological polar surface area (TPSA) is 39.2 Å². The van der Waals surface area contributed by atoms with Crippen molar-refractivity contribution in [3.63, 3.8) is 0 Å². The van der Waals surface area contributed by atoms with Crippen LogP contribution in [0.4, 0.5) is 4.39 Å². The summed E-state index contributed by atoms with van der Waals surface area (Å²) in [6, 6.07) is 9.65. The van der Waals surface area contributed by atoms with E-state index in [0.29, 0.717) is 6.29 Å². The van der Waals surface area contributed by atoms with Crippen LogP contribution in [0, 0.1) is 12.7 Å². The first kappa shape index (κ1) is 12.2. The Morgan fingerprint density at radius 3 is 2.83 bits per heavy atom. The lowest BCUT2D eigenvalue weighted by molar-refractivity contribution is 0.112. The van der Waals surface area contributed by atoms with Crippen LogP contribution >= 0.6 is 0 Å². The van der Waals surface area contributed by atoms with Gasteiger partial charge in [-0.25, -0.2) is 4.39 Å². The smallest absolute Gasteiger partial charge is 0.165 e. The van der Waals surface area contributed by atoms with Gasteiger partial charge in [0.25, 0.3) is 0 Å². The van der Waals surface area contributed by atoms with E-state index in [1.807, 2.05) is 25.1 Å². The Bertz CT molecular complexity index is 569. The molecule has 3 nitrogen and oxygen atoms in total. The monoisotopic (exact) mass is 245 g/mol. The molecule has 1 aromatic carbocycles. The molecule has 2 rings (SSSR count). The molecule has 0 saturated carbocycles. The summed E-state index contributed by atoms with van der Waals surface area (Å²) in [4.78, 5) is 14.7. The number of carbonyl (C=O) groups excluding carboxylic acids is 1. The quantitative estimate of drug-likeness (QED) is 0.777. The van der Waals surface area contributed by atoms with Crippen LogP contribution in [-0.4, -0.2) is 11.3 Å². The molecule has 92 valence electrons. The van der Waals surface area contributed by atoms with Gasteiger partial charge in [-0.05, 0) is 37.3 Å². The predicted octanol–water partition coefficient (Wildman–Crippen LogP) is 2.92. The maximum Gasteiger partial charge on any atom is 0.165 e. The van der Waals surface area contributed by atoms with Crippen LogP contribution in [0.1, 0.15) is 21.7 Å². The first-order valence-electron chi connectivity index (χ1n) is 5.49. The van der Waals surface area contributed by atoms with Gasteiger partial charge in [-0.1, -0.05) is 6.07 Å². The number of aromatic nitrogens is 1. The summed E-state index contributed by atoms with van der Waals surface area (Å²) in [7, 11) is 0. The molecule has 0 saturated heterocycles. The molecule has 0 spiro atoms. The number of carbonyl (C=O) groups is 1. The van der Waals surface area contributed by atoms with Gasteiger partial charge in [-0.2, -0.15) is 0 Å². The second-order valence-corrected chi connectivity index (χ2v) is 3.87. The van der Waals surface area contributed by atoms with Crippen LogP contribution < -0.4 is 4.74 Å². The van der Waals surface area contributed by atoms with E-state index in [4.69, 9.17) is 4.74 Å². The van der Waals surface area contributed by atoms with E-state index in [0.717, 1.165) is 17.5 Å². The largest absolute Gasteiger partial charge is 0.484 e. The zero-order valence-corrected chi connectivity index (χ0v) is 9.89. The Balaban J connectivity index is 2.08. The molecule has 0 aliphatic carbocycles. The molecule has 0 atom stereocenters. The van der Waals surface area contributed by atoms with E-state index in [9.17, 15) is 9.18 Å². The Labute approximate surface area is 104 Å². The normalized spacial score (nSPS) is 10.1. The van der Waals surface area contributed by atoms with E-state index in [1.54, 1.807) is 0 Å². The van der Waals surface area contributed by atoms with Gasteiger partial charge in [0.2, 0.25) is 0 Å². The highest BCUT2D eigenvalue weighted by molar-refractivity contribution is 5.74. The molecule has 0 aliphatic heterocycles. The molecule has 1 aromatic heterocycles. The summed E-state index contributed by atoms with van der Waals surface area (Å²) < 4.78 is 18.8. The van der Waals surface area contributed by atoms with Crippen LogP contribution in [0.5, 0.6) is 5.75 Å². The molecule has 18 heavy (non-hydrogen) atoms. The fraction of sp³-hybridized carbons (Fsp3) is 0.143. The molecule has 0 aliphatic rings. The van der Waals surface area contributed by atoms with Crippen molar-refractivity contribution < 1.29 is 13.9 Å². The zero-order chi connectivity index (χ0) is 13.0. The van der Waals surface area contributed by atoms with Gasteiger partial charge in [0, 0.05) is 11.3 Å². The second kappa shape index (κ2) is 5.40. The summed E-state index contributed by atoms with van der Waals surface area (Å²) in [6.07, 6.45) is 0.592. The van der Waals surface area contributed by atoms with Gasteiger partial charge in [-0.15, -0.1) is 0 Å². The van der Waals surface area contributed by atoms with Crippen molar-refractivity contribution in [2.45, 2.75) is 13.5 Å². The predicted molar refractivity (Wildman–Crippen MR) is 65.1 cm³/mol. The third kappa shape index (κ3) is 2.91. The van der Waals surface area contributed by atoms with E-state index in [1.165, 1.54) is 12.1 Å². The van der Waals surface area contributed by atoms with Crippen molar-refractivity contribution in [1.29, 1.82) is 0 Å². The highest BCUT2D eigenvalue weighted by Crippen LogP contribution is 2.18. The molecule has 0 fully saturated rings. The van der Waals surface area contributed by atoms with Gasteiger partial charge in [-0.3, -0.25) is 9.78 Å². The Morgan fingerprint density at radius 1 is 1.33 bits per heavy atom. The number of hydrogen-bond donors (Lipinski definition) is 0. The van der Waals surface area contributed by atoms with Crippen LogP contribution in [0.2, 0.25) is 0 Å². The molecule has 0 unspecified atom stereocenters. The van der Waals surface area contributed by atoms with Crippen LogP contribution in [-0.2, 0) is 6.61 Å². The van der Waals surface area contributed by atoms with E-state index >= 15 is 0 Å². The van der Waals surface area contributed by atoms with Gasteiger partial charge in [0.05, 0.1) is 5.69 Å². The number of nitrogens with zero attached hydrogens (tertiary/aromatic N) is 1. The highest BCUT2D eigenvalue weighted by Gasteiger charge is 2.05. The van der Waals surface area contributed by atoms with Crippen molar-refractivity contribution in [3.05, 3.63) is 59.2 Å². The number of halogens is 1. The fourth-order valence-electron chi connectivity index (χ4n) is 1.54.